The molecule has 1 N–H and O–H groups in total. The fraction of sp³-hybridized carbons (Fsp3) is 0.423. The monoisotopic (exact) mass is 403 g/mol. The van der Waals surface area contributed by atoms with E-state index in [-0.39, 0.29) is 11.5 Å². The second-order valence-electron chi connectivity index (χ2n) is 9.25. The summed E-state index contributed by atoms with van der Waals surface area (Å²) in [5.41, 5.74) is 3.18. The Bertz CT molecular complexity index is 1020. The van der Waals surface area contributed by atoms with Crippen LogP contribution in [0.3, 0.4) is 0 Å². The molecular weight excluding hydrogens is 374 g/mol. The van der Waals surface area contributed by atoms with Crippen LogP contribution < -0.4 is 0 Å². The summed E-state index contributed by atoms with van der Waals surface area (Å²) in [6.07, 6.45) is 2.25. The van der Waals surface area contributed by atoms with E-state index in [1.165, 1.54) is 5.57 Å². The fourth-order valence-electron chi connectivity index (χ4n) is 5.68. The molecule has 1 unspecified atom stereocenters. The van der Waals surface area contributed by atoms with E-state index in [2.05, 4.69) is 26.0 Å². The maximum atomic E-state index is 12.1. The number of aliphatic imine (C=N–C) groups is 1. The number of aliphatic hydroxyl groups is 1. The Morgan fingerprint density at radius 2 is 1.83 bits per heavy atom. The van der Waals surface area contributed by atoms with Gasteiger partial charge in [0.05, 0.1) is 18.8 Å². The number of aliphatic hydroxyl groups excluding tert-OH is 1. The minimum Gasteiger partial charge on any atom is -0.496 e. The Labute approximate surface area is 178 Å². The Kier molecular flexibility index (Phi) is 4.51. The van der Waals surface area contributed by atoms with Gasteiger partial charge in [-0.3, -0.25) is 0 Å². The predicted octanol–water partition coefficient (Wildman–Crippen LogP) is 5.04. The third-order valence-electron chi connectivity index (χ3n) is 6.89. The predicted molar refractivity (Wildman–Crippen MR) is 118 cm³/mol. The average Bonchev–Trinajstić information content (AvgIpc) is 3.39. The van der Waals surface area contributed by atoms with E-state index in [4.69, 9.17) is 14.5 Å². The number of rotatable bonds is 4. The van der Waals surface area contributed by atoms with Gasteiger partial charge >= 0.3 is 0 Å². The number of allylic oxidation sites excluding steroid dienone is 1. The summed E-state index contributed by atoms with van der Waals surface area (Å²) in [5, 5.41) is 12.1. The largest absolute Gasteiger partial charge is 0.496 e. The summed E-state index contributed by atoms with van der Waals surface area (Å²) < 4.78 is 12.2. The molecule has 0 spiro atoms. The molecule has 3 atom stereocenters. The molecule has 2 aromatic rings. The number of benzene rings is 2. The molecule has 2 aliphatic carbocycles. The number of hydrogen-bond acceptors (Lipinski definition) is 4. The molecule has 4 heteroatoms. The highest BCUT2D eigenvalue weighted by atomic mass is 16.5. The van der Waals surface area contributed by atoms with Gasteiger partial charge in [-0.15, -0.1) is 0 Å². The van der Waals surface area contributed by atoms with E-state index < -0.39 is 11.5 Å². The molecule has 3 aliphatic rings. The quantitative estimate of drug-likeness (QED) is 0.778. The van der Waals surface area contributed by atoms with Crippen LogP contribution in [0.1, 0.15) is 55.9 Å². The number of ether oxygens (including phenoxy) is 2. The molecule has 1 fully saturated rings. The van der Waals surface area contributed by atoms with Crippen molar-refractivity contribution in [2.45, 2.75) is 50.2 Å². The van der Waals surface area contributed by atoms with Crippen molar-refractivity contribution in [1.29, 1.82) is 0 Å². The number of methoxy groups -OCH3 is 1. The summed E-state index contributed by atoms with van der Waals surface area (Å²) in [6, 6.07) is 18.2. The third kappa shape index (κ3) is 2.66. The lowest BCUT2D eigenvalue weighted by atomic mass is 9.59. The molecular formula is C26H29NO3. The van der Waals surface area contributed by atoms with Gasteiger partial charge in [0.25, 0.3) is 0 Å². The topological polar surface area (TPSA) is 51.0 Å². The number of hydrogen-bond donors (Lipinski definition) is 1. The van der Waals surface area contributed by atoms with Crippen LogP contribution in [0.25, 0.3) is 5.76 Å². The van der Waals surface area contributed by atoms with Crippen LogP contribution in [0.5, 0.6) is 0 Å². The van der Waals surface area contributed by atoms with Gasteiger partial charge < -0.3 is 14.6 Å². The first-order chi connectivity index (χ1) is 14.5. The normalized spacial score (nSPS) is 27.7. The van der Waals surface area contributed by atoms with Crippen LogP contribution in [-0.2, 0) is 14.9 Å². The summed E-state index contributed by atoms with van der Waals surface area (Å²) in [5.74, 6) is 1.71. The second-order valence-corrected chi connectivity index (χ2v) is 9.25. The molecule has 5 rings (SSSR count). The van der Waals surface area contributed by atoms with Crippen molar-refractivity contribution in [2.24, 2.45) is 10.9 Å². The van der Waals surface area contributed by atoms with Crippen LogP contribution in [0.4, 0.5) is 0 Å². The molecule has 30 heavy (non-hydrogen) atoms. The van der Waals surface area contributed by atoms with Gasteiger partial charge in [-0.2, -0.15) is 0 Å². The summed E-state index contributed by atoms with van der Waals surface area (Å²) in [6.45, 7) is 4.70. The van der Waals surface area contributed by atoms with Gasteiger partial charge in [0, 0.05) is 11.5 Å². The first-order valence-corrected chi connectivity index (χ1v) is 10.8. The van der Waals surface area contributed by atoms with Crippen LogP contribution in [-0.4, -0.2) is 30.3 Å². The molecule has 0 radical (unpaired) electrons. The SMILES string of the molecule is COC1=C2CCC[C@@H]2[C@](C2=NC(C)(C)CO2)(C(O)c2ccccc2)c2ccccc21. The van der Waals surface area contributed by atoms with Crippen LogP contribution in [0, 0.1) is 5.92 Å². The fourth-order valence-corrected chi connectivity index (χ4v) is 5.68. The highest BCUT2D eigenvalue weighted by Crippen LogP contribution is 2.59. The zero-order valence-electron chi connectivity index (χ0n) is 17.9. The average molecular weight is 404 g/mol. The number of fused-ring (bicyclic) bond motifs is 2. The Balaban J connectivity index is 1.84. The van der Waals surface area contributed by atoms with Crippen molar-refractivity contribution < 1.29 is 14.6 Å². The van der Waals surface area contributed by atoms with Crippen molar-refractivity contribution in [3.05, 3.63) is 76.9 Å². The van der Waals surface area contributed by atoms with Gasteiger partial charge in [-0.1, -0.05) is 54.6 Å². The standard InChI is InChI=1S/C26H29NO3/c1-25(2)16-30-24(27-25)26(23(28)17-10-5-4-6-11-17)20-14-8-7-12-18(20)22(29-3)19-13-9-15-21(19)26/h4-8,10-12,14,21,23,28H,9,13,15-16H2,1-3H3/t21-,23?,26-/m0/s1. The second kappa shape index (κ2) is 6.98. The van der Waals surface area contributed by atoms with Crippen LogP contribution in [0.2, 0.25) is 0 Å². The molecule has 0 bridgehead atoms. The smallest absolute Gasteiger partial charge is 0.198 e. The van der Waals surface area contributed by atoms with Gasteiger partial charge in [-0.05, 0) is 49.8 Å². The molecule has 0 saturated heterocycles. The van der Waals surface area contributed by atoms with Crippen molar-refractivity contribution in [3.8, 4) is 0 Å². The lowest BCUT2D eigenvalue weighted by Crippen LogP contribution is -2.50. The zero-order valence-corrected chi connectivity index (χ0v) is 17.9. The zero-order chi connectivity index (χ0) is 20.9. The molecule has 1 heterocycles. The molecule has 0 aromatic heterocycles. The van der Waals surface area contributed by atoms with Crippen molar-refractivity contribution in [3.63, 3.8) is 0 Å². The summed E-state index contributed by atoms with van der Waals surface area (Å²) in [4.78, 5) is 5.04. The first kappa shape index (κ1) is 19.4. The van der Waals surface area contributed by atoms with E-state index in [9.17, 15) is 5.11 Å². The van der Waals surface area contributed by atoms with Gasteiger partial charge in [0.2, 0.25) is 0 Å². The van der Waals surface area contributed by atoms with E-state index in [1.54, 1.807) is 7.11 Å². The minimum atomic E-state index is -0.774. The molecule has 2 aromatic carbocycles. The van der Waals surface area contributed by atoms with E-state index in [0.29, 0.717) is 12.5 Å². The van der Waals surface area contributed by atoms with E-state index in [0.717, 1.165) is 41.7 Å². The highest BCUT2D eigenvalue weighted by molar-refractivity contribution is 5.95. The molecule has 4 nitrogen and oxygen atoms in total. The summed E-state index contributed by atoms with van der Waals surface area (Å²) in [7, 11) is 1.75. The van der Waals surface area contributed by atoms with Crippen LogP contribution >= 0.6 is 0 Å². The van der Waals surface area contributed by atoms with Gasteiger partial charge in [0.15, 0.2) is 5.90 Å². The molecule has 1 aliphatic heterocycles. The number of nitrogens with zero attached hydrogens (tertiary/aromatic N) is 1. The van der Waals surface area contributed by atoms with Gasteiger partial charge in [-0.25, -0.2) is 4.99 Å². The molecule has 156 valence electrons. The summed E-state index contributed by atoms with van der Waals surface area (Å²) >= 11 is 0. The maximum absolute atomic E-state index is 12.1. The van der Waals surface area contributed by atoms with Gasteiger partial charge in [0.1, 0.15) is 17.8 Å². The highest BCUT2D eigenvalue weighted by Gasteiger charge is 2.60. The van der Waals surface area contributed by atoms with Crippen molar-refractivity contribution in [2.75, 3.05) is 13.7 Å². The minimum absolute atomic E-state index is 0.0882. The van der Waals surface area contributed by atoms with Crippen molar-refractivity contribution in [1.82, 2.24) is 0 Å². The first-order valence-electron chi connectivity index (χ1n) is 10.8. The lowest BCUT2D eigenvalue weighted by molar-refractivity contribution is 0.0737. The van der Waals surface area contributed by atoms with Crippen LogP contribution in [0.15, 0.2) is 65.2 Å². The third-order valence-corrected chi connectivity index (χ3v) is 6.89. The van der Waals surface area contributed by atoms with E-state index >= 15 is 0 Å². The Morgan fingerprint density at radius 1 is 1.10 bits per heavy atom. The Morgan fingerprint density at radius 3 is 2.53 bits per heavy atom. The van der Waals surface area contributed by atoms with E-state index in [1.807, 2.05) is 42.5 Å². The maximum Gasteiger partial charge on any atom is 0.198 e. The van der Waals surface area contributed by atoms with Crippen molar-refractivity contribution >= 4 is 11.7 Å². The Hall–Kier alpha value is -2.59. The molecule has 1 saturated carbocycles. The lowest BCUT2D eigenvalue weighted by Gasteiger charge is -2.47. The molecule has 0 amide bonds.